The third-order valence-corrected chi connectivity index (χ3v) is 33.4. The van der Waals surface area contributed by atoms with E-state index in [1.165, 1.54) is 96.3 Å². The Hall–Kier alpha value is -3.50. The zero-order chi connectivity index (χ0) is 92.9. The third kappa shape index (κ3) is 38.7. The molecule has 0 aromatic heterocycles. The van der Waals surface area contributed by atoms with E-state index < -0.39 is 0 Å². The molecule has 6 heterocycles. The van der Waals surface area contributed by atoms with E-state index in [0.29, 0.717) is 46.8 Å². The van der Waals surface area contributed by atoms with Gasteiger partial charge in [0.1, 0.15) is 33.6 Å². The quantitative estimate of drug-likeness (QED) is 0.0205. The molecule has 6 aliphatic heterocycles. The largest absolute Gasteiger partial charge is 0.459 e. The molecule has 0 amide bonds. The molecule has 20 heteroatoms. The fourth-order valence-electron chi connectivity index (χ4n) is 23.5. The van der Waals surface area contributed by atoms with Gasteiger partial charge in [0.05, 0.1) is 35.5 Å². The van der Waals surface area contributed by atoms with Crippen LogP contribution in [0.4, 0.5) is 0 Å². The maximum absolute atomic E-state index is 12.6. The predicted molar refractivity (Wildman–Crippen MR) is 519 cm³/mol. The maximum Gasteiger partial charge on any atom is 0.309 e. The van der Waals surface area contributed by atoms with Crippen molar-refractivity contribution in [2.24, 2.45) is 117 Å². The number of ether oxygens (including phenoxy) is 6. The first-order valence-corrected chi connectivity index (χ1v) is 53.4. The minimum Gasteiger partial charge on any atom is -0.459 e. The van der Waals surface area contributed by atoms with E-state index in [1.54, 1.807) is 0 Å². The molecule has 6 saturated heterocycles. The summed E-state index contributed by atoms with van der Waals surface area (Å²) in [7, 11) is 0. The number of rotatable bonds is 28. The van der Waals surface area contributed by atoms with E-state index in [2.05, 4.69) is 157 Å². The summed E-state index contributed by atoms with van der Waals surface area (Å²) in [6.07, 6.45) is 50.8. The second-order valence-electron chi connectivity index (χ2n) is 46.4. The number of esters is 6. The predicted octanol–water partition coefficient (Wildman–Crippen LogP) is 21.0. The Morgan fingerprint density at radius 2 is 0.433 bits per heavy atom. The van der Waals surface area contributed by atoms with Crippen molar-refractivity contribution in [3.05, 3.63) is 0 Å². The number of carbonyl (C=O) groups excluding carboxylic acids is 6. The number of nitrogens with one attached hydrogen (secondary N) is 6. The lowest BCUT2D eigenvalue weighted by Crippen LogP contribution is -2.44. The smallest absolute Gasteiger partial charge is 0.309 e. The molecule has 10 N–H and O–H groups in total. The second-order valence-corrected chi connectivity index (χ2v) is 46.4. The van der Waals surface area contributed by atoms with E-state index in [-0.39, 0.29) is 111 Å². The summed E-state index contributed by atoms with van der Waals surface area (Å²) in [5.74, 6) is 7.85. The van der Waals surface area contributed by atoms with Gasteiger partial charge in [-0.05, 0) is 434 Å². The molecule has 12 aliphatic rings. The van der Waals surface area contributed by atoms with Crippen LogP contribution in [0.2, 0.25) is 0 Å². The first-order valence-electron chi connectivity index (χ1n) is 53.4. The van der Waals surface area contributed by atoms with Crippen molar-refractivity contribution in [2.75, 3.05) is 85.1 Å². The molecule has 0 aromatic carbocycles. The summed E-state index contributed by atoms with van der Waals surface area (Å²) in [4.78, 5) is 74.8. The summed E-state index contributed by atoms with van der Waals surface area (Å²) in [6, 6.07) is 0.279. The van der Waals surface area contributed by atoms with Crippen molar-refractivity contribution < 1.29 is 57.2 Å². The Balaban J connectivity index is 0.000000209. The summed E-state index contributed by atoms with van der Waals surface area (Å²) >= 11 is 0. The molecule has 0 spiro atoms. The van der Waals surface area contributed by atoms with Crippen LogP contribution in [0.1, 0.15) is 414 Å². The Kier molecular flexibility index (Phi) is 48.3. The van der Waals surface area contributed by atoms with E-state index >= 15 is 0 Å². The van der Waals surface area contributed by atoms with Gasteiger partial charge in [0, 0.05) is 41.5 Å². The highest BCUT2D eigenvalue weighted by atomic mass is 16.6. The van der Waals surface area contributed by atoms with Crippen molar-refractivity contribution in [3.63, 3.8) is 0 Å². The van der Waals surface area contributed by atoms with E-state index in [4.69, 9.17) is 39.9 Å². The van der Waals surface area contributed by atoms with Gasteiger partial charge < -0.3 is 71.8 Å². The Bertz CT molecular complexity index is 3050. The molecular formula is C107H198N8O12. The molecule has 12 rings (SSSR count). The van der Waals surface area contributed by atoms with Crippen LogP contribution in [0.15, 0.2) is 0 Å². The Labute approximate surface area is 776 Å². The minimum absolute atomic E-state index is 0.00423. The molecule has 6 aliphatic carbocycles. The average molecular weight is 1790 g/mol. The highest BCUT2D eigenvalue weighted by Crippen LogP contribution is 2.45. The van der Waals surface area contributed by atoms with Gasteiger partial charge in [0.2, 0.25) is 0 Å². The zero-order valence-corrected chi connectivity index (χ0v) is 85.0. The second kappa shape index (κ2) is 55.5. The Morgan fingerprint density at radius 3 is 0.638 bits per heavy atom. The van der Waals surface area contributed by atoms with Gasteiger partial charge in [-0.15, -0.1) is 0 Å². The number of unbranched alkanes of at least 4 members (excludes halogenated alkanes) is 3. The number of carbonyl (C=O) groups is 6. The van der Waals surface area contributed by atoms with Crippen molar-refractivity contribution in [1.29, 1.82) is 0 Å². The van der Waals surface area contributed by atoms with Crippen LogP contribution in [0, 0.1) is 106 Å². The highest BCUT2D eigenvalue weighted by Gasteiger charge is 2.45. The number of hydrogen-bond donors (Lipinski definition) is 8. The first kappa shape index (κ1) is 111. The molecule has 0 bridgehead atoms. The molecule has 6 saturated carbocycles. The van der Waals surface area contributed by atoms with E-state index in [9.17, 15) is 28.8 Å². The van der Waals surface area contributed by atoms with E-state index in [1.807, 2.05) is 0 Å². The first-order chi connectivity index (χ1) is 60.3. The van der Waals surface area contributed by atoms with Gasteiger partial charge >= 0.3 is 35.8 Å². The summed E-state index contributed by atoms with van der Waals surface area (Å²) in [5, 5.41) is 20.3. The van der Waals surface area contributed by atoms with Gasteiger partial charge in [-0.25, -0.2) is 0 Å². The van der Waals surface area contributed by atoms with Gasteiger partial charge in [0.15, 0.2) is 0 Å². The van der Waals surface area contributed by atoms with Crippen LogP contribution >= 0.6 is 0 Å². The fraction of sp³-hybridized carbons (Fsp3) is 0.944. The van der Waals surface area contributed by atoms with Crippen LogP contribution in [-0.2, 0) is 57.2 Å². The topological polar surface area (TPSA) is 282 Å². The Morgan fingerprint density at radius 1 is 0.236 bits per heavy atom. The molecule has 0 aromatic rings. The standard InChI is InChI=1S/C20H37NO2.2C19H35NO2.C18H33NO2.C16H30N2O2.C15H28N2O2/c1-4-5-6-7-16-8-10-17(11-9-16)19(22)23-20(2,3)18-12-14-21-15-13-18;1-18(2,3)15-8-6-14(7-9-15)17(21)22-19(4,5)16-10-12-20-13-11-16;1-4-5-6-15-7-9-16(10-8-15)18(21)22-19(2,3)17-11-13-20-14-12-17;1-4-5-14-6-8-15(9-7-14)17(20)21-18(2,3)16-10-12-19-13-11-16;1-16(2,14-7-9-18-10-8-14)20-15(19)13-5-3-12(11-17)4-6-13;1-15(2,12-7-9-17-10-8-12)19-14(18)11-3-5-13(16)6-4-11/h16-18,21H,4-15H2,1-3H3;14-16,20H,6-13H2,1-5H3;15-17,20H,4-14H2,1-3H3;14-16,19H,4-13H2,1-3H3;12-14,18H,3-11,17H2,1-2H3;11-13,17H,3-10,16H2,1-2H3. The monoisotopic (exact) mass is 1790 g/mol. The summed E-state index contributed by atoms with van der Waals surface area (Å²) in [6.45, 7) is 52.1. The highest BCUT2D eigenvalue weighted by molar-refractivity contribution is 5.75. The SMILES string of the molecule is CC(C)(C)C1CCC(C(=O)OC(C)(C)C2CCNCC2)CC1.CC(C)(OC(=O)C1CCC(CN)CC1)C1CCNCC1.CC(C)(OC(=O)C1CCC(N)CC1)C1CCNCC1.CCCC1CCC(C(=O)OC(C)(C)C2CCNCC2)CC1.CCCCC1CCC(C(=O)OC(C)(C)C2CCNCC2)CC1.CCCCCC1CCC(C(=O)OC(C)(C)C2CCNCC2)CC1. The molecule has 0 radical (unpaired) electrons. The fourth-order valence-corrected chi connectivity index (χ4v) is 23.5. The molecule has 20 nitrogen and oxygen atoms in total. The average Bonchev–Trinajstić information content (AvgIpc) is 0.841. The molecule has 0 unspecified atom stereocenters. The van der Waals surface area contributed by atoms with Gasteiger partial charge in [-0.1, -0.05) is 99.3 Å². The lowest BCUT2D eigenvalue weighted by Gasteiger charge is -2.39. The molecule has 127 heavy (non-hydrogen) atoms. The van der Waals surface area contributed by atoms with Gasteiger partial charge in [0.25, 0.3) is 0 Å². The molecule has 738 valence electrons. The van der Waals surface area contributed by atoms with Crippen molar-refractivity contribution in [3.8, 4) is 0 Å². The maximum atomic E-state index is 12.6. The van der Waals surface area contributed by atoms with E-state index in [0.717, 1.165) is 301 Å². The third-order valence-electron chi connectivity index (χ3n) is 33.4. The molecule has 0 atom stereocenters. The zero-order valence-electron chi connectivity index (χ0n) is 85.0. The number of hydrogen-bond acceptors (Lipinski definition) is 20. The van der Waals surface area contributed by atoms with Gasteiger partial charge in [-0.2, -0.15) is 0 Å². The summed E-state index contributed by atoms with van der Waals surface area (Å²) < 4.78 is 35.6. The summed E-state index contributed by atoms with van der Waals surface area (Å²) in [5.41, 5.74) is 10.0. The van der Waals surface area contributed by atoms with Crippen LogP contribution in [0.5, 0.6) is 0 Å². The lowest BCUT2D eigenvalue weighted by molar-refractivity contribution is -0.170. The molecular weight excluding hydrogens is 1590 g/mol. The molecule has 12 fully saturated rings. The van der Waals surface area contributed by atoms with Crippen molar-refractivity contribution in [1.82, 2.24) is 31.9 Å². The van der Waals surface area contributed by atoms with Crippen LogP contribution in [0.3, 0.4) is 0 Å². The minimum atomic E-state index is -0.335. The van der Waals surface area contributed by atoms with Crippen molar-refractivity contribution in [2.45, 2.75) is 453 Å². The van der Waals surface area contributed by atoms with Crippen molar-refractivity contribution >= 4 is 35.8 Å². The van der Waals surface area contributed by atoms with Crippen LogP contribution in [-0.4, -0.2) is 161 Å². The lowest BCUT2D eigenvalue weighted by atomic mass is 9.70. The number of nitrogens with two attached hydrogens (primary N) is 2. The van der Waals surface area contributed by atoms with Crippen LogP contribution < -0.4 is 43.4 Å². The number of piperidine rings is 6. The van der Waals surface area contributed by atoms with Crippen LogP contribution in [0.25, 0.3) is 0 Å². The van der Waals surface area contributed by atoms with Gasteiger partial charge in [-0.3, -0.25) is 28.8 Å². The normalized spacial score (nSPS) is 28.3.